The number of nitrogens with one attached hydrogen (secondary N) is 1. The third-order valence-electron chi connectivity index (χ3n) is 1.42. The lowest BCUT2D eigenvalue weighted by Crippen LogP contribution is -2.22. The summed E-state index contributed by atoms with van der Waals surface area (Å²) in [6, 6.07) is 1.44. The van der Waals surface area contributed by atoms with Gasteiger partial charge in [-0.25, -0.2) is 13.6 Å². The fraction of sp³-hybridized carbons (Fsp3) is 0.333. The van der Waals surface area contributed by atoms with Crippen molar-refractivity contribution in [1.29, 1.82) is 0 Å². The van der Waals surface area contributed by atoms with Gasteiger partial charge in [0.15, 0.2) is 10.3 Å². The Bertz CT molecular complexity index is 450. The van der Waals surface area contributed by atoms with Crippen molar-refractivity contribution in [2.45, 2.75) is 0 Å². The van der Waals surface area contributed by atoms with Crippen molar-refractivity contribution >= 4 is 38.9 Å². The van der Waals surface area contributed by atoms with Gasteiger partial charge < -0.3 is 5.32 Å². The molecule has 0 saturated carbocycles. The van der Waals surface area contributed by atoms with Gasteiger partial charge in [-0.3, -0.25) is 0 Å². The van der Waals surface area contributed by atoms with E-state index in [1.54, 1.807) is 0 Å². The fourth-order valence-corrected chi connectivity index (χ4v) is 1.50. The minimum Gasteiger partial charge on any atom is -0.381 e. The van der Waals surface area contributed by atoms with Crippen molar-refractivity contribution in [2.24, 2.45) is 5.14 Å². The number of primary sulfonamides is 1. The number of rotatable bonds is 4. The summed E-state index contributed by atoms with van der Waals surface area (Å²) in [7, 11) is -3.49. The Kier molecular flexibility index (Phi) is 4.09. The first-order valence-corrected chi connectivity index (χ1v) is 6.29. The molecule has 0 aliphatic heterocycles. The van der Waals surface area contributed by atoms with E-state index in [2.05, 4.69) is 15.5 Å². The minimum atomic E-state index is -3.49. The summed E-state index contributed by atoms with van der Waals surface area (Å²) in [6.07, 6.45) is 0. The second kappa shape index (κ2) is 4.93. The Morgan fingerprint density at radius 1 is 1.40 bits per heavy atom. The topological polar surface area (TPSA) is 98.0 Å². The van der Waals surface area contributed by atoms with E-state index in [0.717, 1.165) is 0 Å². The molecule has 0 unspecified atom stereocenters. The van der Waals surface area contributed by atoms with Crippen molar-refractivity contribution in [2.75, 3.05) is 17.6 Å². The highest BCUT2D eigenvalue weighted by Gasteiger charge is 2.06. The molecule has 1 rings (SSSR count). The highest BCUT2D eigenvalue weighted by atomic mass is 35.5. The number of hydrogen-bond acceptors (Lipinski definition) is 5. The van der Waals surface area contributed by atoms with Gasteiger partial charge in [0.25, 0.3) is 0 Å². The van der Waals surface area contributed by atoms with Crippen molar-refractivity contribution in [3.63, 3.8) is 0 Å². The molecular weight excluding hydrogens is 263 g/mol. The fourth-order valence-electron chi connectivity index (χ4n) is 0.805. The number of nitrogens with zero attached hydrogens (tertiary/aromatic N) is 2. The molecule has 0 aliphatic carbocycles. The van der Waals surface area contributed by atoms with Crippen LogP contribution in [0, 0.1) is 0 Å². The van der Waals surface area contributed by atoms with Gasteiger partial charge in [-0.15, -0.1) is 10.2 Å². The highest BCUT2D eigenvalue weighted by molar-refractivity contribution is 7.89. The van der Waals surface area contributed by atoms with Crippen molar-refractivity contribution in [3.8, 4) is 0 Å². The van der Waals surface area contributed by atoms with Crippen LogP contribution in [0.25, 0.3) is 0 Å². The zero-order valence-electron chi connectivity index (χ0n) is 7.44. The van der Waals surface area contributed by atoms with E-state index >= 15 is 0 Å². The van der Waals surface area contributed by atoms with Gasteiger partial charge in [0.2, 0.25) is 10.0 Å². The number of nitrogens with two attached hydrogens (primary N) is 1. The zero-order chi connectivity index (χ0) is 11.5. The van der Waals surface area contributed by atoms with Gasteiger partial charge in [-0.05, 0) is 0 Å². The molecule has 3 N–H and O–H groups in total. The van der Waals surface area contributed by atoms with Gasteiger partial charge in [0, 0.05) is 12.6 Å². The number of anilines is 1. The predicted octanol–water partition coefficient (Wildman–Crippen LogP) is 0.484. The van der Waals surface area contributed by atoms with E-state index in [1.807, 2.05) is 0 Å². The predicted molar refractivity (Wildman–Crippen MR) is 58.5 cm³/mol. The quantitative estimate of drug-likeness (QED) is 0.830. The molecule has 0 fully saturated rings. The molecule has 0 amide bonds. The first-order valence-electron chi connectivity index (χ1n) is 3.81. The highest BCUT2D eigenvalue weighted by Crippen LogP contribution is 2.20. The van der Waals surface area contributed by atoms with Gasteiger partial charge >= 0.3 is 0 Å². The van der Waals surface area contributed by atoms with Crippen LogP contribution in [0.4, 0.5) is 5.69 Å². The summed E-state index contributed by atoms with van der Waals surface area (Å²) in [5.74, 6) is -0.205. The van der Waals surface area contributed by atoms with E-state index in [-0.39, 0.29) is 22.6 Å². The summed E-state index contributed by atoms with van der Waals surface area (Å²) in [6.45, 7) is 0.126. The average Bonchev–Trinajstić information content (AvgIpc) is 2.09. The molecule has 1 heterocycles. The molecule has 6 nitrogen and oxygen atoms in total. The monoisotopic (exact) mass is 270 g/mol. The van der Waals surface area contributed by atoms with E-state index in [4.69, 9.17) is 28.3 Å². The molecule has 1 aromatic heterocycles. The lowest BCUT2D eigenvalue weighted by molar-refractivity contribution is 0.598. The Morgan fingerprint density at radius 2 is 2.07 bits per heavy atom. The standard InChI is InChI=1S/C6H8Cl2N4O2S/c7-5-3-4(6(8)12-11-5)10-1-2-15(9,13)14/h3H,1-2H2,(H,10,11)(H2,9,13,14). The van der Waals surface area contributed by atoms with E-state index in [0.29, 0.717) is 5.69 Å². The summed E-state index contributed by atoms with van der Waals surface area (Å²) in [4.78, 5) is 0. The van der Waals surface area contributed by atoms with Gasteiger partial charge in [0.1, 0.15) is 0 Å². The molecule has 1 aromatic rings. The van der Waals surface area contributed by atoms with E-state index in [1.165, 1.54) is 6.07 Å². The van der Waals surface area contributed by atoms with Crippen LogP contribution in [-0.4, -0.2) is 30.9 Å². The zero-order valence-corrected chi connectivity index (χ0v) is 9.77. The molecule has 0 atom stereocenters. The SMILES string of the molecule is NS(=O)(=O)CCNc1cc(Cl)nnc1Cl. The average molecular weight is 271 g/mol. The van der Waals surface area contributed by atoms with Crippen LogP contribution < -0.4 is 10.5 Å². The molecule has 84 valence electrons. The van der Waals surface area contributed by atoms with Crippen molar-refractivity contribution in [3.05, 3.63) is 16.4 Å². The number of aromatic nitrogens is 2. The van der Waals surface area contributed by atoms with Crippen LogP contribution in [0.5, 0.6) is 0 Å². The molecular formula is C6H8Cl2N4O2S. The van der Waals surface area contributed by atoms with Gasteiger partial charge in [0.05, 0.1) is 11.4 Å². The summed E-state index contributed by atoms with van der Waals surface area (Å²) in [5, 5.41) is 14.9. The Balaban J connectivity index is 2.61. The first-order chi connectivity index (χ1) is 6.88. The number of halogens is 2. The molecule has 0 aromatic carbocycles. The third-order valence-corrected chi connectivity index (χ3v) is 2.66. The maximum atomic E-state index is 10.6. The van der Waals surface area contributed by atoms with Gasteiger partial charge in [-0.2, -0.15) is 0 Å². The first kappa shape index (κ1) is 12.4. The lowest BCUT2D eigenvalue weighted by Gasteiger charge is -2.06. The maximum absolute atomic E-state index is 10.6. The Labute approximate surface area is 96.8 Å². The number of hydrogen-bond donors (Lipinski definition) is 2. The van der Waals surface area contributed by atoms with Crippen LogP contribution >= 0.6 is 23.2 Å². The van der Waals surface area contributed by atoms with E-state index < -0.39 is 10.0 Å². The van der Waals surface area contributed by atoms with E-state index in [9.17, 15) is 8.42 Å². The Morgan fingerprint density at radius 3 is 2.67 bits per heavy atom. The summed E-state index contributed by atoms with van der Waals surface area (Å²) < 4.78 is 21.2. The van der Waals surface area contributed by atoms with Crippen molar-refractivity contribution < 1.29 is 8.42 Å². The largest absolute Gasteiger partial charge is 0.381 e. The van der Waals surface area contributed by atoms with Crippen LogP contribution in [0.1, 0.15) is 0 Å². The van der Waals surface area contributed by atoms with Crippen LogP contribution in [0.3, 0.4) is 0 Å². The Hall–Kier alpha value is -0.630. The molecule has 9 heteroatoms. The van der Waals surface area contributed by atoms with Crippen LogP contribution in [0.2, 0.25) is 10.3 Å². The smallest absolute Gasteiger partial charge is 0.210 e. The third kappa shape index (κ3) is 4.61. The minimum absolute atomic E-state index is 0.119. The summed E-state index contributed by atoms with van der Waals surface area (Å²) in [5.41, 5.74) is 0.417. The van der Waals surface area contributed by atoms with Crippen molar-refractivity contribution in [1.82, 2.24) is 10.2 Å². The maximum Gasteiger partial charge on any atom is 0.210 e. The molecule has 0 spiro atoms. The molecule has 0 saturated heterocycles. The van der Waals surface area contributed by atoms with Crippen LogP contribution in [-0.2, 0) is 10.0 Å². The number of sulfonamides is 1. The van der Waals surface area contributed by atoms with Crippen LogP contribution in [0.15, 0.2) is 6.07 Å². The second-order valence-corrected chi connectivity index (χ2v) is 5.14. The molecule has 0 aliphatic rings. The second-order valence-electron chi connectivity index (χ2n) is 2.67. The normalized spacial score (nSPS) is 11.4. The van der Waals surface area contributed by atoms with Gasteiger partial charge in [-0.1, -0.05) is 23.2 Å². The lowest BCUT2D eigenvalue weighted by atomic mass is 10.4. The molecule has 0 radical (unpaired) electrons. The molecule has 0 bridgehead atoms. The molecule has 15 heavy (non-hydrogen) atoms. The summed E-state index contributed by atoms with van der Waals surface area (Å²) >= 11 is 11.2.